The quantitative estimate of drug-likeness (QED) is 0.856. The Morgan fingerprint density at radius 3 is 2.47 bits per heavy atom. The van der Waals surface area contributed by atoms with E-state index < -0.39 is 11.5 Å². The number of carbonyl (C=O) groups excluding carboxylic acids is 1. The number of rotatable bonds is 5. The van der Waals surface area contributed by atoms with E-state index in [0.29, 0.717) is 0 Å². The van der Waals surface area contributed by atoms with Crippen molar-refractivity contribution in [2.24, 2.45) is 0 Å². The van der Waals surface area contributed by atoms with E-state index >= 15 is 0 Å². The Hall–Kier alpha value is -1.84. The number of aliphatic carboxylic acids is 1. The Morgan fingerprint density at radius 1 is 1.26 bits per heavy atom. The molecule has 1 amide bonds. The third-order valence-electron chi connectivity index (χ3n) is 2.93. The number of nitrogens with one attached hydrogen (secondary N) is 1. The first-order valence-corrected chi connectivity index (χ1v) is 6.28. The lowest BCUT2D eigenvalue weighted by atomic mass is 9.98. The van der Waals surface area contributed by atoms with E-state index in [2.05, 4.69) is 5.32 Å². The van der Waals surface area contributed by atoms with Crippen molar-refractivity contribution in [2.75, 3.05) is 0 Å². The summed E-state index contributed by atoms with van der Waals surface area (Å²) in [5, 5.41) is 11.5. The maximum atomic E-state index is 12.0. The van der Waals surface area contributed by atoms with Gasteiger partial charge in [-0.1, -0.05) is 23.8 Å². The predicted octanol–water partition coefficient (Wildman–Crippen LogP) is 2.22. The second kappa shape index (κ2) is 5.87. The van der Waals surface area contributed by atoms with Gasteiger partial charge in [-0.15, -0.1) is 0 Å². The predicted molar refractivity (Wildman–Crippen MR) is 74.1 cm³/mol. The van der Waals surface area contributed by atoms with Crippen LogP contribution < -0.4 is 5.32 Å². The minimum Gasteiger partial charge on any atom is -0.481 e. The molecule has 0 aromatic heterocycles. The van der Waals surface area contributed by atoms with Crippen LogP contribution in [0.25, 0.3) is 0 Å². The minimum absolute atomic E-state index is 0.0917. The number of hydrogen-bond donors (Lipinski definition) is 2. The van der Waals surface area contributed by atoms with E-state index in [4.69, 9.17) is 5.11 Å². The molecule has 4 nitrogen and oxygen atoms in total. The van der Waals surface area contributed by atoms with Gasteiger partial charge in [-0.05, 0) is 38.8 Å². The fourth-order valence-electron chi connectivity index (χ4n) is 2.01. The van der Waals surface area contributed by atoms with Crippen LogP contribution in [-0.4, -0.2) is 22.5 Å². The lowest BCUT2D eigenvalue weighted by Crippen LogP contribution is -2.45. The molecule has 0 aliphatic heterocycles. The first-order chi connectivity index (χ1) is 8.69. The summed E-state index contributed by atoms with van der Waals surface area (Å²) in [4.78, 5) is 22.7. The van der Waals surface area contributed by atoms with Gasteiger partial charge >= 0.3 is 5.97 Å². The van der Waals surface area contributed by atoms with Gasteiger partial charge in [0.25, 0.3) is 0 Å². The van der Waals surface area contributed by atoms with E-state index in [1.54, 1.807) is 13.8 Å². The number of carboxylic acids is 1. The van der Waals surface area contributed by atoms with Crippen molar-refractivity contribution in [1.82, 2.24) is 5.32 Å². The summed E-state index contributed by atoms with van der Waals surface area (Å²) in [7, 11) is 0. The number of hydrogen-bond acceptors (Lipinski definition) is 2. The van der Waals surface area contributed by atoms with Crippen LogP contribution in [0.1, 0.15) is 37.0 Å². The molecule has 1 rings (SSSR count). The molecule has 0 atom stereocenters. The normalized spacial score (nSPS) is 11.2. The van der Waals surface area contributed by atoms with Gasteiger partial charge in [0, 0.05) is 5.54 Å². The smallest absolute Gasteiger partial charge is 0.305 e. The van der Waals surface area contributed by atoms with Crippen LogP contribution in [0.15, 0.2) is 18.2 Å². The third-order valence-corrected chi connectivity index (χ3v) is 2.93. The van der Waals surface area contributed by atoms with E-state index in [1.807, 2.05) is 32.0 Å². The first kappa shape index (κ1) is 15.2. The summed E-state index contributed by atoms with van der Waals surface area (Å²) >= 11 is 0. The highest BCUT2D eigenvalue weighted by Crippen LogP contribution is 2.13. The largest absolute Gasteiger partial charge is 0.481 e. The van der Waals surface area contributed by atoms with Crippen LogP contribution in [0, 0.1) is 13.8 Å². The molecule has 0 spiro atoms. The Balaban J connectivity index is 2.70. The van der Waals surface area contributed by atoms with Gasteiger partial charge in [0.15, 0.2) is 0 Å². The summed E-state index contributed by atoms with van der Waals surface area (Å²) in [6.45, 7) is 7.36. The number of carboxylic acid groups (broad SMARTS) is 1. The zero-order valence-corrected chi connectivity index (χ0v) is 11.9. The van der Waals surface area contributed by atoms with Gasteiger partial charge in [-0.2, -0.15) is 0 Å². The van der Waals surface area contributed by atoms with E-state index in [9.17, 15) is 9.59 Å². The fraction of sp³-hybridized carbons (Fsp3) is 0.467. The highest BCUT2D eigenvalue weighted by atomic mass is 16.4. The Kier molecular flexibility index (Phi) is 4.70. The maximum absolute atomic E-state index is 12.0. The van der Waals surface area contributed by atoms with Crippen LogP contribution in [0.5, 0.6) is 0 Å². The topological polar surface area (TPSA) is 66.4 Å². The molecule has 4 heteroatoms. The van der Waals surface area contributed by atoms with Crippen LogP contribution in [-0.2, 0) is 16.0 Å². The fourth-order valence-corrected chi connectivity index (χ4v) is 2.01. The number of aryl methyl sites for hydroxylation is 2. The molecule has 0 saturated carbocycles. The molecule has 0 fully saturated rings. The van der Waals surface area contributed by atoms with Crippen LogP contribution in [0.3, 0.4) is 0 Å². The molecule has 1 aromatic rings. The molecular weight excluding hydrogens is 242 g/mol. The molecule has 1 aromatic carbocycles. The summed E-state index contributed by atoms with van der Waals surface area (Å²) in [6.07, 6.45) is 0.183. The van der Waals surface area contributed by atoms with Crippen molar-refractivity contribution in [3.63, 3.8) is 0 Å². The Labute approximate surface area is 113 Å². The third kappa shape index (κ3) is 5.12. The van der Waals surface area contributed by atoms with Crippen LogP contribution >= 0.6 is 0 Å². The van der Waals surface area contributed by atoms with Gasteiger partial charge in [0.2, 0.25) is 5.91 Å². The molecule has 0 saturated heterocycles. The van der Waals surface area contributed by atoms with Gasteiger partial charge in [0.05, 0.1) is 12.8 Å². The van der Waals surface area contributed by atoms with Crippen molar-refractivity contribution in [3.05, 3.63) is 34.9 Å². The standard InChI is InChI=1S/C15H21NO3/c1-10-5-6-11(2)12(7-10)8-13(17)16-15(3,4)9-14(18)19/h5-7H,8-9H2,1-4H3,(H,16,17)(H,18,19). The van der Waals surface area contributed by atoms with Crippen molar-refractivity contribution < 1.29 is 14.7 Å². The van der Waals surface area contributed by atoms with Crippen LogP contribution in [0.4, 0.5) is 0 Å². The van der Waals surface area contributed by atoms with Crippen molar-refractivity contribution in [2.45, 2.75) is 46.1 Å². The highest BCUT2D eigenvalue weighted by Gasteiger charge is 2.23. The highest BCUT2D eigenvalue weighted by molar-refractivity contribution is 5.80. The van der Waals surface area contributed by atoms with Gasteiger partial charge in [-0.3, -0.25) is 9.59 Å². The molecule has 2 N–H and O–H groups in total. The van der Waals surface area contributed by atoms with Gasteiger partial charge in [0.1, 0.15) is 0 Å². The van der Waals surface area contributed by atoms with Crippen LogP contribution in [0.2, 0.25) is 0 Å². The zero-order chi connectivity index (χ0) is 14.6. The van der Waals surface area contributed by atoms with Crippen molar-refractivity contribution >= 4 is 11.9 Å². The average Bonchev–Trinajstić information content (AvgIpc) is 2.20. The summed E-state index contributed by atoms with van der Waals surface area (Å²) < 4.78 is 0. The van der Waals surface area contributed by atoms with Gasteiger partial charge < -0.3 is 10.4 Å². The van der Waals surface area contributed by atoms with E-state index in [0.717, 1.165) is 16.7 Å². The van der Waals surface area contributed by atoms with Crippen molar-refractivity contribution in [1.29, 1.82) is 0 Å². The first-order valence-electron chi connectivity index (χ1n) is 6.28. The maximum Gasteiger partial charge on any atom is 0.305 e. The summed E-state index contributed by atoms with van der Waals surface area (Å²) in [5.41, 5.74) is 2.42. The number of benzene rings is 1. The molecule has 19 heavy (non-hydrogen) atoms. The van der Waals surface area contributed by atoms with E-state index in [-0.39, 0.29) is 18.7 Å². The average molecular weight is 263 g/mol. The molecule has 0 aliphatic rings. The molecule has 0 unspecified atom stereocenters. The molecule has 0 aliphatic carbocycles. The SMILES string of the molecule is Cc1ccc(C)c(CC(=O)NC(C)(C)CC(=O)O)c1. The molecular formula is C15H21NO3. The number of carbonyl (C=O) groups is 2. The molecule has 104 valence electrons. The van der Waals surface area contributed by atoms with Crippen molar-refractivity contribution in [3.8, 4) is 0 Å². The molecule has 0 heterocycles. The summed E-state index contributed by atoms with van der Waals surface area (Å²) in [6, 6.07) is 5.98. The van der Waals surface area contributed by atoms with Gasteiger partial charge in [-0.25, -0.2) is 0 Å². The Morgan fingerprint density at radius 2 is 1.89 bits per heavy atom. The minimum atomic E-state index is -0.919. The Bertz CT molecular complexity index is 492. The summed E-state index contributed by atoms with van der Waals surface area (Å²) in [5.74, 6) is -1.07. The monoisotopic (exact) mass is 263 g/mol. The second-order valence-electron chi connectivity index (χ2n) is 5.61. The molecule has 0 bridgehead atoms. The molecule has 0 radical (unpaired) electrons. The zero-order valence-electron chi connectivity index (χ0n) is 11.9. The second-order valence-corrected chi connectivity index (χ2v) is 5.61. The lowest BCUT2D eigenvalue weighted by molar-refractivity contribution is -0.138. The lowest BCUT2D eigenvalue weighted by Gasteiger charge is -2.24. The van der Waals surface area contributed by atoms with E-state index in [1.165, 1.54) is 0 Å². The number of amides is 1.